The zero-order valence-corrected chi connectivity index (χ0v) is 17.5. The Balaban J connectivity index is 1.54. The number of nitrogens with zero attached hydrogens (tertiary/aromatic N) is 1. The number of rotatable bonds is 4. The lowest BCUT2D eigenvalue weighted by Gasteiger charge is -2.44. The van der Waals surface area contributed by atoms with Gasteiger partial charge in [0.15, 0.2) is 0 Å². The summed E-state index contributed by atoms with van der Waals surface area (Å²) >= 11 is 3.64. The van der Waals surface area contributed by atoms with Gasteiger partial charge < -0.3 is 10.3 Å². The second-order valence-corrected chi connectivity index (χ2v) is 9.45. The van der Waals surface area contributed by atoms with Crippen LogP contribution in [0.2, 0.25) is 0 Å². The van der Waals surface area contributed by atoms with Crippen molar-refractivity contribution in [3.8, 4) is 0 Å². The predicted molar refractivity (Wildman–Crippen MR) is 110 cm³/mol. The van der Waals surface area contributed by atoms with Crippen LogP contribution in [0.15, 0.2) is 34.9 Å². The molecule has 0 radical (unpaired) electrons. The maximum absolute atomic E-state index is 4.75. The molecule has 1 saturated heterocycles. The molecule has 1 aromatic heterocycles. The van der Waals surface area contributed by atoms with Gasteiger partial charge in [0.05, 0.1) is 6.04 Å². The Morgan fingerprint density at radius 3 is 2.69 bits per heavy atom. The molecule has 1 atom stereocenters. The molecule has 3 nitrogen and oxygen atoms in total. The SMILES string of the molecule is CCC1(c2cnc(C3CCCN3)[nH]2)CCC(C)(c2cccc(Br)c2)CC1. The molecule has 2 aliphatic rings. The van der Waals surface area contributed by atoms with Crippen LogP contribution in [0.5, 0.6) is 0 Å². The summed E-state index contributed by atoms with van der Waals surface area (Å²) in [6.45, 7) is 5.90. The van der Waals surface area contributed by atoms with Crippen LogP contribution < -0.4 is 5.32 Å². The Labute approximate surface area is 165 Å². The zero-order chi connectivity index (χ0) is 18.2. The van der Waals surface area contributed by atoms with Crippen molar-refractivity contribution in [1.29, 1.82) is 0 Å². The van der Waals surface area contributed by atoms with Crippen LogP contribution in [0.25, 0.3) is 0 Å². The predicted octanol–water partition coefficient (Wildman–Crippen LogP) is 5.78. The van der Waals surface area contributed by atoms with Crippen molar-refractivity contribution in [1.82, 2.24) is 15.3 Å². The molecule has 1 aromatic carbocycles. The summed E-state index contributed by atoms with van der Waals surface area (Å²) < 4.78 is 1.19. The van der Waals surface area contributed by atoms with Crippen LogP contribution in [-0.4, -0.2) is 16.5 Å². The summed E-state index contributed by atoms with van der Waals surface area (Å²) in [5.74, 6) is 1.14. The summed E-state index contributed by atoms with van der Waals surface area (Å²) in [7, 11) is 0. The lowest BCUT2D eigenvalue weighted by atomic mass is 9.60. The minimum absolute atomic E-state index is 0.259. The number of H-pyrrole nitrogens is 1. The topological polar surface area (TPSA) is 40.7 Å². The van der Waals surface area contributed by atoms with Gasteiger partial charge >= 0.3 is 0 Å². The second-order valence-electron chi connectivity index (χ2n) is 8.54. The van der Waals surface area contributed by atoms with E-state index in [9.17, 15) is 0 Å². The fourth-order valence-corrected chi connectivity index (χ4v) is 5.35. The van der Waals surface area contributed by atoms with Crippen molar-refractivity contribution in [2.24, 2.45) is 0 Å². The maximum Gasteiger partial charge on any atom is 0.123 e. The van der Waals surface area contributed by atoms with Crippen LogP contribution in [0, 0.1) is 0 Å². The van der Waals surface area contributed by atoms with E-state index in [2.05, 4.69) is 70.5 Å². The molecule has 2 fully saturated rings. The van der Waals surface area contributed by atoms with Crippen molar-refractivity contribution in [3.05, 3.63) is 52.0 Å². The molecular formula is C22H30BrN3. The van der Waals surface area contributed by atoms with Gasteiger partial charge in [0.25, 0.3) is 0 Å². The van der Waals surface area contributed by atoms with E-state index in [4.69, 9.17) is 4.98 Å². The Bertz CT molecular complexity index is 752. The third-order valence-electron chi connectivity index (χ3n) is 7.07. The Kier molecular flexibility index (Phi) is 5.00. The molecule has 2 heterocycles. The van der Waals surface area contributed by atoms with E-state index >= 15 is 0 Å². The lowest BCUT2D eigenvalue weighted by molar-refractivity contribution is 0.199. The third kappa shape index (κ3) is 3.27. The van der Waals surface area contributed by atoms with Gasteiger partial charge in [0.1, 0.15) is 5.82 Å². The first-order valence-electron chi connectivity index (χ1n) is 10.1. The van der Waals surface area contributed by atoms with Gasteiger partial charge in [-0.2, -0.15) is 0 Å². The molecule has 2 aromatic rings. The summed E-state index contributed by atoms with van der Waals surface area (Å²) in [6, 6.07) is 9.31. The summed E-state index contributed by atoms with van der Waals surface area (Å²) in [6.07, 6.45) is 10.7. The quantitative estimate of drug-likeness (QED) is 0.664. The highest BCUT2D eigenvalue weighted by Gasteiger charge is 2.42. The van der Waals surface area contributed by atoms with Crippen molar-refractivity contribution in [2.45, 2.75) is 75.7 Å². The molecule has 0 spiro atoms. The first kappa shape index (κ1) is 18.2. The smallest absolute Gasteiger partial charge is 0.123 e. The number of aromatic amines is 1. The van der Waals surface area contributed by atoms with Crippen LogP contribution in [0.1, 0.15) is 81.9 Å². The van der Waals surface area contributed by atoms with Gasteiger partial charge in [0, 0.05) is 21.8 Å². The van der Waals surface area contributed by atoms with E-state index < -0.39 is 0 Å². The molecule has 1 unspecified atom stereocenters. The normalized spacial score (nSPS) is 32.0. The molecule has 0 amide bonds. The van der Waals surface area contributed by atoms with Gasteiger partial charge in [-0.15, -0.1) is 0 Å². The van der Waals surface area contributed by atoms with E-state index in [1.54, 1.807) is 0 Å². The monoisotopic (exact) mass is 415 g/mol. The molecule has 26 heavy (non-hydrogen) atoms. The van der Waals surface area contributed by atoms with Crippen molar-refractivity contribution < 1.29 is 0 Å². The number of aromatic nitrogens is 2. The first-order valence-corrected chi connectivity index (χ1v) is 10.9. The number of hydrogen-bond acceptors (Lipinski definition) is 2. The van der Waals surface area contributed by atoms with E-state index in [1.807, 2.05) is 0 Å². The van der Waals surface area contributed by atoms with E-state index in [1.165, 1.54) is 60.7 Å². The van der Waals surface area contributed by atoms with Gasteiger partial charge in [-0.05, 0) is 74.6 Å². The zero-order valence-electron chi connectivity index (χ0n) is 15.9. The average Bonchev–Trinajstić information content (AvgIpc) is 3.34. The van der Waals surface area contributed by atoms with Gasteiger partial charge in [-0.25, -0.2) is 4.98 Å². The highest BCUT2D eigenvalue weighted by Crippen LogP contribution is 2.49. The van der Waals surface area contributed by atoms with Crippen LogP contribution >= 0.6 is 15.9 Å². The molecule has 4 heteroatoms. The maximum atomic E-state index is 4.75. The minimum atomic E-state index is 0.259. The highest BCUT2D eigenvalue weighted by molar-refractivity contribution is 9.10. The molecule has 4 rings (SSSR count). The molecule has 2 N–H and O–H groups in total. The molecule has 1 aliphatic carbocycles. The van der Waals surface area contributed by atoms with Crippen LogP contribution in [0.3, 0.4) is 0 Å². The fraction of sp³-hybridized carbons (Fsp3) is 0.591. The van der Waals surface area contributed by atoms with E-state index in [0.717, 1.165) is 12.4 Å². The van der Waals surface area contributed by atoms with Gasteiger partial charge in [-0.3, -0.25) is 0 Å². The van der Waals surface area contributed by atoms with E-state index in [-0.39, 0.29) is 10.8 Å². The van der Waals surface area contributed by atoms with E-state index in [0.29, 0.717) is 6.04 Å². The molecular weight excluding hydrogens is 386 g/mol. The molecule has 140 valence electrons. The average molecular weight is 416 g/mol. The van der Waals surface area contributed by atoms with Gasteiger partial charge in [0.2, 0.25) is 0 Å². The number of halogens is 1. The number of imidazole rings is 1. The highest BCUT2D eigenvalue weighted by atomic mass is 79.9. The van der Waals surface area contributed by atoms with Crippen molar-refractivity contribution >= 4 is 15.9 Å². The molecule has 0 bridgehead atoms. The van der Waals surface area contributed by atoms with Gasteiger partial charge in [-0.1, -0.05) is 41.9 Å². The Morgan fingerprint density at radius 2 is 2.04 bits per heavy atom. The second kappa shape index (κ2) is 7.12. The number of hydrogen-bond donors (Lipinski definition) is 2. The Hall–Kier alpha value is -1.13. The van der Waals surface area contributed by atoms with Crippen molar-refractivity contribution in [2.75, 3.05) is 6.54 Å². The van der Waals surface area contributed by atoms with Crippen molar-refractivity contribution in [3.63, 3.8) is 0 Å². The molecule has 1 saturated carbocycles. The third-order valence-corrected chi connectivity index (χ3v) is 7.56. The minimum Gasteiger partial charge on any atom is -0.344 e. The molecule has 1 aliphatic heterocycles. The summed E-state index contributed by atoms with van der Waals surface area (Å²) in [5.41, 5.74) is 3.37. The summed E-state index contributed by atoms with van der Waals surface area (Å²) in [4.78, 5) is 8.46. The number of nitrogens with one attached hydrogen (secondary N) is 2. The first-order chi connectivity index (χ1) is 12.5. The lowest BCUT2D eigenvalue weighted by Crippen LogP contribution is -2.38. The van der Waals surface area contributed by atoms with Crippen LogP contribution in [0.4, 0.5) is 0 Å². The standard InChI is InChI=1S/C22H30BrN3/c1-3-22(19-15-25-20(26-19)18-8-5-13-24-18)11-9-21(2,10-12-22)16-6-4-7-17(23)14-16/h4,6-7,14-15,18,24H,3,5,8-13H2,1-2H3,(H,25,26). The number of benzene rings is 1. The fourth-order valence-electron chi connectivity index (χ4n) is 4.95. The Morgan fingerprint density at radius 1 is 1.23 bits per heavy atom. The van der Waals surface area contributed by atoms with Crippen LogP contribution in [-0.2, 0) is 10.8 Å². The largest absolute Gasteiger partial charge is 0.344 e. The summed E-state index contributed by atoms with van der Waals surface area (Å²) in [5, 5.41) is 3.56.